The maximum Gasteiger partial charge on any atom is 0.335 e. The summed E-state index contributed by atoms with van der Waals surface area (Å²) in [5.74, 6) is -4.28. The molecule has 30 atom stereocenters. The van der Waals surface area contributed by atoms with Crippen LogP contribution in [0.4, 0.5) is 0 Å². The zero-order valence-electron chi connectivity index (χ0n) is 49.1. The van der Waals surface area contributed by atoms with Gasteiger partial charge in [-0.25, -0.2) is 9.59 Å². The van der Waals surface area contributed by atoms with Crippen molar-refractivity contribution in [3.8, 4) is 0 Å². The van der Waals surface area contributed by atoms with E-state index in [4.69, 9.17) is 47.4 Å². The van der Waals surface area contributed by atoms with Crippen LogP contribution in [0.5, 0.6) is 0 Å². The normalized spacial score (nSPS) is 51.4. The van der Waals surface area contributed by atoms with Crippen LogP contribution in [0.25, 0.3) is 0 Å². The Kier molecular flexibility index (Phi) is 19.1. The highest BCUT2D eigenvalue weighted by atomic mass is 16.8. The van der Waals surface area contributed by atoms with Gasteiger partial charge < -0.3 is 119 Å². The highest BCUT2D eigenvalue weighted by Crippen LogP contribution is 2.76. The summed E-state index contributed by atoms with van der Waals surface area (Å²) in [6.45, 7) is 12.2. The van der Waals surface area contributed by atoms with Crippen LogP contribution in [0, 0.1) is 50.2 Å². The second-order valence-corrected chi connectivity index (χ2v) is 26.8. The molecule has 30 unspecified atom stereocenters. The van der Waals surface area contributed by atoms with Crippen LogP contribution in [-0.2, 0) is 66.5 Å². The molecule has 4 saturated carbocycles. The summed E-state index contributed by atoms with van der Waals surface area (Å²) < 4.78 is 60.3. The van der Waals surface area contributed by atoms with E-state index in [0.717, 1.165) is 11.9 Å². The second-order valence-electron chi connectivity index (χ2n) is 26.8. The minimum atomic E-state index is -2.28. The monoisotopic (exact) mass is 1220 g/mol. The molecular formula is C58H88O27. The lowest BCUT2D eigenvalue weighted by atomic mass is 9.33. The van der Waals surface area contributed by atoms with Crippen molar-refractivity contribution in [2.24, 2.45) is 50.2 Å². The third-order valence-corrected chi connectivity index (χ3v) is 21.8. The van der Waals surface area contributed by atoms with Crippen LogP contribution in [0.3, 0.4) is 0 Å². The molecule has 4 heterocycles. The summed E-state index contributed by atoms with van der Waals surface area (Å²) in [6.07, 6.45) is -31.2. The molecule has 0 bridgehead atoms. The Bertz CT molecular complexity index is 2500. The number of hydrogen-bond donors (Lipinski definition) is 13. The zero-order chi connectivity index (χ0) is 62.4. The third-order valence-electron chi connectivity index (χ3n) is 21.8. The highest BCUT2D eigenvalue weighted by Gasteiger charge is 2.74. The number of ether oxygens (including phenoxy) is 10. The molecule has 4 saturated heterocycles. The van der Waals surface area contributed by atoms with E-state index in [1.165, 1.54) is 19.1 Å². The topological polar surface area (TPSA) is 424 Å². The summed E-state index contributed by atoms with van der Waals surface area (Å²) in [7, 11) is 0. The Morgan fingerprint density at radius 1 is 0.671 bits per heavy atom. The van der Waals surface area contributed by atoms with Gasteiger partial charge in [-0.2, -0.15) is 0 Å². The number of allylic oxidation sites excluding steroid dienone is 3. The number of aliphatic hydroxyl groups is 12. The van der Waals surface area contributed by atoms with E-state index >= 15 is 0 Å². The second kappa shape index (κ2) is 24.5. The lowest BCUT2D eigenvalue weighted by Crippen LogP contribution is -2.72. The fourth-order valence-electron chi connectivity index (χ4n) is 17.0. The van der Waals surface area contributed by atoms with Gasteiger partial charge in [0.15, 0.2) is 31.3 Å². The molecule has 85 heavy (non-hydrogen) atoms. The number of carbonyl (C=O) groups excluding carboxylic acids is 3. The van der Waals surface area contributed by atoms with E-state index in [9.17, 15) is 85.6 Å². The van der Waals surface area contributed by atoms with Crippen molar-refractivity contribution < 1.29 is 133 Å². The Morgan fingerprint density at radius 2 is 1.31 bits per heavy atom. The fraction of sp³-hybridized carbons (Fsp3) is 0.862. The Morgan fingerprint density at radius 3 is 1.93 bits per heavy atom. The lowest BCUT2D eigenvalue weighted by Gasteiger charge is -2.72. The van der Waals surface area contributed by atoms with Crippen molar-refractivity contribution in [3.05, 3.63) is 23.8 Å². The standard InChI is InChI=1S/C58H88O27/c1-9-10-34(66)81-46-47(78-24(2)62)58(23-61)26(17-53(46,3)4)25-11-12-31-54(5)15-14-33(55(6,22-60)30(54)13-16-56(31,7)57(25,8)18-32(58)65)80-52-45(85-50-40(72)38(70)37(69)29(19-59)79-50)42(41(73)43(83-52)48(74)75)82-51-44(36(68)28(64)21-77-51)84-49-39(71)35(67)27(63)20-76-49/h9-11,22,26-33,35-47,49-52,59,61,63-65,67-73H,12-21,23H2,1-8H3,(H,74,75). The zero-order valence-corrected chi connectivity index (χ0v) is 49.1. The van der Waals surface area contributed by atoms with Gasteiger partial charge in [-0.1, -0.05) is 59.3 Å². The number of esters is 2. The van der Waals surface area contributed by atoms with Crippen LogP contribution in [-0.4, -0.2) is 252 Å². The Hall–Kier alpha value is -3.24. The molecule has 8 fully saturated rings. The quantitative estimate of drug-likeness (QED) is 0.0267. The Balaban J connectivity index is 1.05. The molecule has 0 aromatic carbocycles. The van der Waals surface area contributed by atoms with E-state index in [0.29, 0.717) is 32.1 Å². The summed E-state index contributed by atoms with van der Waals surface area (Å²) in [6, 6.07) is 0. The highest BCUT2D eigenvalue weighted by molar-refractivity contribution is 5.82. The number of carbonyl (C=O) groups is 4. The minimum absolute atomic E-state index is 0.112. The van der Waals surface area contributed by atoms with E-state index in [1.807, 2.05) is 13.8 Å². The molecule has 9 rings (SSSR count). The molecule has 4 aliphatic heterocycles. The summed E-state index contributed by atoms with van der Waals surface area (Å²) in [4.78, 5) is 53.4. The van der Waals surface area contributed by atoms with E-state index in [1.54, 1.807) is 13.8 Å². The summed E-state index contributed by atoms with van der Waals surface area (Å²) >= 11 is 0. The predicted molar refractivity (Wildman–Crippen MR) is 284 cm³/mol. The average molecular weight is 1220 g/mol. The summed E-state index contributed by atoms with van der Waals surface area (Å²) in [5, 5.41) is 143. The number of hydrogen-bond acceptors (Lipinski definition) is 26. The Labute approximate surface area is 491 Å². The smallest absolute Gasteiger partial charge is 0.335 e. The molecule has 0 aromatic heterocycles. The number of carboxylic acid groups (broad SMARTS) is 1. The fourth-order valence-corrected chi connectivity index (χ4v) is 17.0. The van der Waals surface area contributed by atoms with Gasteiger partial charge in [-0.3, -0.25) is 4.79 Å². The van der Waals surface area contributed by atoms with Crippen LogP contribution in [0.1, 0.15) is 100 Å². The maximum absolute atomic E-state index is 14.2. The van der Waals surface area contributed by atoms with Gasteiger partial charge in [0.25, 0.3) is 0 Å². The molecule has 0 radical (unpaired) electrons. The molecule has 482 valence electrons. The van der Waals surface area contributed by atoms with E-state index in [-0.39, 0.29) is 18.8 Å². The lowest BCUT2D eigenvalue weighted by molar-refractivity contribution is -0.398. The van der Waals surface area contributed by atoms with Crippen molar-refractivity contribution in [2.75, 3.05) is 26.4 Å². The van der Waals surface area contributed by atoms with Gasteiger partial charge in [-0.05, 0) is 85.9 Å². The molecule has 27 nitrogen and oxygen atoms in total. The van der Waals surface area contributed by atoms with E-state index < -0.39 is 224 Å². The number of rotatable bonds is 15. The van der Waals surface area contributed by atoms with Crippen LogP contribution in [0.2, 0.25) is 0 Å². The van der Waals surface area contributed by atoms with Gasteiger partial charge >= 0.3 is 17.9 Å². The van der Waals surface area contributed by atoms with Gasteiger partial charge in [0.1, 0.15) is 97.8 Å². The van der Waals surface area contributed by atoms with Crippen molar-refractivity contribution in [1.82, 2.24) is 0 Å². The average Bonchev–Trinajstić information content (AvgIpc) is 0.687. The van der Waals surface area contributed by atoms with Crippen molar-refractivity contribution in [3.63, 3.8) is 0 Å². The van der Waals surface area contributed by atoms with Crippen LogP contribution < -0.4 is 0 Å². The van der Waals surface area contributed by atoms with Gasteiger partial charge in [0.05, 0.1) is 49.5 Å². The summed E-state index contributed by atoms with van der Waals surface area (Å²) in [5.41, 5.74) is -4.73. The molecule has 9 aliphatic rings. The van der Waals surface area contributed by atoms with Crippen molar-refractivity contribution in [2.45, 2.75) is 235 Å². The molecule has 27 heteroatoms. The maximum atomic E-state index is 14.2. The molecule has 0 aromatic rings. The SMILES string of the molecule is CC=CC(=O)OC1C(OC(C)=O)C2(CO)C(O)CC3(C)C(=CCC4C5(C)CCC(OC6OC(C(=O)O)C(O)C(OC7OCC(O)C(O)C7OC7OCC(O)C(O)C7O)C6OC6OC(CO)C(O)C(O)C6O)C(C)(C=O)C5CCC43C)C2CC1(C)C. The molecular weight excluding hydrogens is 1130 g/mol. The first kappa shape index (κ1) is 66.2. The van der Waals surface area contributed by atoms with Crippen LogP contribution >= 0.6 is 0 Å². The largest absolute Gasteiger partial charge is 0.479 e. The van der Waals surface area contributed by atoms with Crippen molar-refractivity contribution >= 4 is 24.2 Å². The number of carboxylic acids is 1. The first-order chi connectivity index (χ1) is 39.8. The molecule has 0 spiro atoms. The van der Waals surface area contributed by atoms with Gasteiger partial charge in [-0.15, -0.1) is 0 Å². The molecule has 5 aliphatic carbocycles. The minimum Gasteiger partial charge on any atom is -0.479 e. The number of aliphatic hydroxyl groups excluding tert-OH is 12. The number of aldehydes is 1. The first-order valence-corrected chi connectivity index (χ1v) is 29.4. The first-order valence-electron chi connectivity index (χ1n) is 29.4. The van der Waals surface area contributed by atoms with E-state index in [2.05, 4.69) is 26.8 Å². The number of fused-ring (bicyclic) bond motifs is 7. The van der Waals surface area contributed by atoms with Gasteiger partial charge in [0.2, 0.25) is 0 Å². The molecule has 0 amide bonds. The molecule has 13 N–H and O–H groups in total. The predicted octanol–water partition coefficient (Wildman–Crippen LogP) is -2.40. The van der Waals surface area contributed by atoms with Gasteiger partial charge in [0, 0.05) is 18.4 Å². The number of aliphatic carboxylic acids is 1. The van der Waals surface area contributed by atoms with Crippen LogP contribution in [0.15, 0.2) is 23.8 Å². The van der Waals surface area contributed by atoms with Crippen molar-refractivity contribution in [1.29, 1.82) is 0 Å². The third kappa shape index (κ3) is 11.0.